The van der Waals surface area contributed by atoms with Gasteiger partial charge in [0, 0.05) is 14.9 Å². The fourth-order valence-electron chi connectivity index (χ4n) is 1.45. The second-order valence-electron chi connectivity index (χ2n) is 4.14. The summed E-state index contributed by atoms with van der Waals surface area (Å²) in [6, 6.07) is 0. The first-order valence-electron chi connectivity index (χ1n) is 5.31. The lowest BCUT2D eigenvalue weighted by Crippen LogP contribution is -2.12. The summed E-state index contributed by atoms with van der Waals surface area (Å²) in [7, 11) is 0. The van der Waals surface area contributed by atoms with E-state index in [2.05, 4.69) is 62.0 Å². The van der Waals surface area contributed by atoms with E-state index in [4.69, 9.17) is 0 Å². The van der Waals surface area contributed by atoms with Gasteiger partial charge in [-0.3, -0.25) is 0 Å². The first kappa shape index (κ1) is 14.1. The quantitative estimate of drug-likeness (QED) is 0.482. The van der Waals surface area contributed by atoms with Crippen LogP contribution in [0.1, 0.15) is 47.0 Å². The zero-order valence-corrected chi connectivity index (χ0v) is 12.3. The van der Waals surface area contributed by atoms with Gasteiger partial charge in [-0.15, -0.1) is 0 Å². The zero-order valence-electron chi connectivity index (χ0n) is 9.35. The van der Waals surface area contributed by atoms with Crippen LogP contribution in [0.4, 0.5) is 0 Å². The van der Waals surface area contributed by atoms with Gasteiger partial charge in [-0.05, 0) is 18.8 Å². The molecule has 0 rings (SSSR count). The van der Waals surface area contributed by atoms with Gasteiger partial charge in [0.25, 0.3) is 0 Å². The lowest BCUT2D eigenvalue weighted by atomic mass is 10.1. The van der Waals surface area contributed by atoms with Crippen LogP contribution in [-0.4, -0.2) is 14.9 Å². The Morgan fingerprint density at radius 1 is 1.23 bits per heavy atom. The molecule has 0 heterocycles. The number of halogens is 1. The van der Waals surface area contributed by atoms with Crippen LogP contribution in [0.25, 0.3) is 0 Å². The molecule has 0 saturated heterocycles. The van der Waals surface area contributed by atoms with E-state index in [1.54, 1.807) is 0 Å². The van der Waals surface area contributed by atoms with Crippen molar-refractivity contribution in [2.75, 3.05) is 4.43 Å². The summed E-state index contributed by atoms with van der Waals surface area (Å²) in [6.07, 6.45) is 4.11. The highest BCUT2D eigenvalue weighted by Crippen LogP contribution is 2.28. The first-order chi connectivity index (χ1) is 6.10. The minimum atomic E-state index is 0.830. The molecule has 0 aromatic carbocycles. The van der Waals surface area contributed by atoms with E-state index in [1.807, 2.05) is 0 Å². The lowest BCUT2D eigenvalue weighted by molar-refractivity contribution is 0.545. The third kappa shape index (κ3) is 8.10. The molecule has 0 bridgehead atoms. The Hall–Kier alpha value is 1.08. The highest BCUT2D eigenvalue weighted by atomic mass is 127. The van der Waals surface area contributed by atoms with Crippen molar-refractivity contribution < 1.29 is 0 Å². The van der Waals surface area contributed by atoms with Gasteiger partial charge >= 0.3 is 0 Å². The second kappa shape index (κ2) is 8.39. The molecule has 0 saturated carbocycles. The maximum atomic E-state index is 2.49. The van der Waals surface area contributed by atoms with E-state index in [1.165, 1.54) is 23.7 Å². The summed E-state index contributed by atoms with van der Waals surface area (Å²) >= 11 is 4.68. The van der Waals surface area contributed by atoms with E-state index < -0.39 is 0 Å². The molecule has 0 aromatic rings. The van der Waals surface area contributed by atoms with Crippen molar-refractivity contribution in [2.24, 2.45) is 5.92 Å². The summed E-state index contributed by atoms with van der Waals surface area (Å²) < 4.78 is 1.28. The molecule has 80 valence electrons. The van der Waals surface area contributed by atoms with Crippen molar-refractivity contribution in [1.82, 2.24) is 0 Å². The van der Waals surface area contributed by atoms with E-state index >= 15 is 0 Å². The Balaban J connectivity index is 3.78. The molecule has 0 aliphatic heterocycles. The Labute approximate surface area is 102 Å². The zero-order chi connectivity index (χ0) is 10.3. The second-order valence-corrected chi connectivity index (χ2v) is 6.77. The van der Waals surface area contributed by atoms with E-state index in [0.717, 1.165) is 16.4 Å². The Bertz CT molecular complexity index is 115. The smallest absolute Gasteiger partial charge is 0.0112 e. The van der Waals surface area contributed by atoms with Crippen LogP contribution in [0.5, 0.6) is 0 Å². The van der Waals surface area contributed by atoms with Gasteiger partial charge in [0.05, 0.1) is 0 Å². The number of hydrogen-bond donors (Lipinski definition) is 0. The molecule has 2 unspecified atom stereocenters. The molecule has 0 spiro atoms. The molecule has 0 aliphatic carbocycles. The van der Waals surface area contributed by atoms with E-state index in [0.29, 0.717) is 0 Å². The molecule has 0 nitrogen and oxygen atoms in total. The minimum absolute atomic E-state index is 0.830. The van der Waals surface area contributed by atoms with Crippen LogP contribution >= 0.6 is 34.4 Å². The molecule has 0 radical (unpaired) electrons. The molecular weight excluding hydrogens is 291 g/mol. The van der Waals surface area contributed by atoms with Crippen molar-refractivity contribution >= 4 is 34.4 Å². The van der Waals surface area contributed by atoms with Gasteiger partial charge in [0.15, 0.2) is 0 Å². The molecule has 0 fully saturated rings. The topological polar surface area (TPSA) is 0 Å². The third-order valence-corrected chi connectivity index (χ3v) is 5.35. The largest absolute Gasteiger partial charge is 0.155 e. The van der Waals surface area contributed by atoms with Gasteiger partial charge in [-0.1, -0.05) is 56.7 Å². The van der Waals surface area contributed by atoms with Crippen molar-refractivity contribution in [2.45, 2.75) is 57.5 Å². The number of hydrogen-bond acceptors (Lipinski definition) is 1. The Morgan fingerprint density at radius 3 is 2.23 bits per heavy atom. The lowest BCUT2D eigenvalue weighted by Gasteiger charge is -2.20. The monoisotopic (exact) mass is 314 g/mol. The van der Waals surface area contributed by atoms with Crippen molar-refractivity contribution in [3.63, 3.8) is 0 Å². The maximum Gasteiger partial charge on any atom is 0.0112 e. The minimum Gasteiger partial charge on any atom is -0.155 e. The predicted octanol–water partition coefficient (Wildman–Crippen LogP) is 4.76. The highest BCUT2D eigenvalue weighted by molar-refractivity contribution is 14.1. The molecule has 2 atom stereocenters. The molecule has 0 aliphatic rings. The van der Waals surface area contributed by atoms with Gasteiger partial charge in [0.2, 0.25) is 0 Å². The van der Waals surface area contributed by atoms with E-state index in [9.17, 15) is 0 Å². The molecule has 0 N–H and O–H groups in total. The maximum absolute atomic E-state index is 2.49. The summed E-state index contributed by atoms with van der Waals surface area (Å²) in [5.74, 6) is 0.852. The summed E-state index contributed by atoms with van der Waals surface area (Å²) in [4.78, 5) is 0. The SMILES string of the molecule is CCCC(CC(C)C)SC(C)CI. The molecule has 2 heteroatoms. The van der Waals surface area contributed by atoms with Crippen LogP contribution in [0, 0.1) is 5.92 Å². The van der Waals surface area contributed by atoms with E-state index in [-0.39, 0.29) is 0 Å². The molecular formula is C11H23IS. The predicted molar refractivity (Wildman–Crippen MR) is 74.1 cm³/mol. The van der Waals surface area contributed by atoms with Crippen LogP contribution in [-0.2, 0) is 0 Å². The van der Waals surface area contributed by atoms with Crippen molar-refractivity contribution in [3.05, 3.63) is 0 Å². The fourth-order valence-corrected chi connectivity index (χ4v) is 3.67. The highest BCUT2D eigenvalue weighted by Gasteiger charge is 2.13. The average molecular weight is 314 g/mol. The Kier molecular flexibility index (Phi) is 9.09. The Morgan fingerprint density at radius 2 is 1.85 bits per heavy atom. The molecule has 0 aromatic heterocycles. The van der Waals surface area contributed by atoms with Crippen LogP contribution in [0.15, 0.2) is 0 Å². The summed E-state index contributed by atoms with van der Waals surface area (Å²) in [5.41, 5.74) is 0. The normalized spacial score (nSPS) is 16.2. The van der Waals surface area contributed by atoms with Gasteiger partial charge < -0.3 is 0 Å². The number of rotatable bonds is 7. The summed E-state index contributed by atoms with van der Waals surface area (Å²) in [5, 5.41) is 1.73. The summed E-state index contributed by atoms with van der Waals surface area (Å²) in [6.45, 7) is 9.30. The number of alkyl halides is 1. The van der Waals surface area contributed by atoms with Gasteiger partial charge in [-0.2, -0.15) is 11.8 Å². The standard InChI is InChI=1S/C11H23IS/c1-5-6-11(7-9(2)3)13-10(4)8-12/h9-11H,5-8H2,1-4H3. The van der Waals surface area contributed by atoms with Gasteiger partial charge in [-0.25, -0.2) is 0 Å². The average Bonchev–Trinajstić information content (AvgIpc) is 2.03. The fraction of sp³-hybridized carbons (Fsp3) is 1.00. The first-order valence-corrected chi connectivity index (χ1v) is 7.78. The van der Waals surface area contributed by atoms with Crippen LogP contribution in [0.2, 0.25) is 0 Å². The van der Waals surface area contributed by atoms with Crippen molar-refractivity contribution in [1.29, 1.82) is 0 Å². The van der Waals surface area contributed by atoms with Crippen LogP contribution < -0.4 is 0 Å². The van der Waals surface area contributed by atoms with Crippen molar-refractivity contribution in [3.8, 4) is 0 Å². The van der Waals surface area contributed by atoms with Crippen LogP contribution in [0.3, 0.4) is 0 Å². The number of thioether (sulfide) groups is 1. The molecule has 13 heavy (non-hydrogen) atoms. The molecule has 0 amide bonds. The van der Waals surface area contributed by atoms with Gasteiger partial charge in [0.1, 0.15) is 0 Å². The third-order valence-electron chi connectivity index (χ3n) is 1.99.